The van der Waals surface area contributed by atoms with Crippen LogP contribution >= 0.6 is 0 Å². The molecule has 162 valence electrons. The molecule has 0 aliphatic heterocycles. The van der Waals surface area contributed by atoms with E-state index >= 15 is 0 Å². The first-order valence-electron chi connectivity index (χ1n) is 11.5. The fourth-order valence-electron chi connectivity index (χ4n) is 4.84. The van der Waals surface area contributed by atoms with Crippen molar-refractivity contribution in [2.45, 2.75) is 57.3 Å². The second-order valence-electron chi connectivity index (χ2n) is 8.81. The monoisotopic (exact) mass is 423 g/mol. The first-order chi connectivity index (χ1) is 15.6. The fraction of sp³-hybridized carbons (Fsp3) is 0.357. The highest BCUT2D eigenvalue weighted by Gasteiger charge is 2.27. The minimum atomic E-state index is 0.251. The first-order valence-corrected chi connectivity index (χ1v) is 11.5. The molecule has 1 aromatic carbocycles. The summed E-state index contributed by atoms with van der Waals surface area (Å²) < 4.78 is 2.18. The molecule has 0 saturated carbocycles. The molecule has 0 bridgehead atoms. The molecule has 2 unspecified atom stereocenters. The minimum Gasteiger partial charge on any atom is -0.261 e. The third kappa shape index (κ3) is 4.62. The lowest BCUT2D eigenvalue weighted by molar-refractivity contribution is -0.682. The second kappa shape index (κ2) is 9.87. The van der Waals surface area contributed by atoms with Crippen molar-refractivity contribution in [3.8, 4) is 6.07 Å². The van der Waals surface area contributed by atoms with E-state index < -0.39 is 0 Å². The Bertz CT molecular complexity index is 1140. The number of benzene rings is 1. The van der Waals surface area contributed by atoms with Crippen LogP contribution in [0.4, 0.5) is 0 Å². The van der Waals surface area contributed by atoms with Gasteiger partial charge in [0.1, 0.15) is 5.69 Å². The summed E-state index contributed by atoms with van der Waals surface area (Å²) in [7, 11) is 2.10. The van der Waals surface area contributed by atoms with Crippen molar-refractivity contribution in [2.75, 3.05) is 0 Å². The Morgan fingerprint density at radius 2 is 2.03 bits per heavy atom. The van der Waals surface area contributed by atoms with E-state index in [1.807, 2.05) is 30.7 Å². The minimum absolute atomic E-state index is 0.251. The van der Waals surface area contributed by atoms with Gasteiger partial charge in [0.2, 0.25) is 0 Å². The van der Waals surface area contributed by atoms with Crippen molar-refractivity contribution >= 4 is 0 Å². The van der Waals surface area contributed by atoms with E-state index in [1.165, 1.54) is 22.5 Å². The summed E-state index contributed by atoms with van der Waals surface area (Å²) in [5.74, 6) is 0.634. The predicted octanol–water partition coefficient (Wildman–Crippen LogP) is 4.91. The normalized spacial score (nSPS) is 16.5. The van der Waals surface area contributed by atoms with E-state index in [4.69, 9.17) is 4.98 Å². The number of fused-ring (bicyclic) bond motifs is 1. The van der Waals surface area contributed by atoms with Crippen molar-refractivity contribution in [3.05, 3.63) is 101 Å². The van der Waals surface area contributed by atoms with Gasteiger partial charge in [0.05, 0.1) is 18.7 Å². The molecule has 1 aliphatic rings. The van der Waals surface area contributed by atoms with Crippen molar-refractivity contribution in [1.29, 1.82) is 5.26 Å². The van der Waals surface area contributed by atoms with Crippen LogP contribution in [0.2, 0.25) is 0 Å². The summed E-state index contributed by atoms with van der Waals surface area (Å²) in [6.45, 7) is 6.01. The van der Waals surface area contributed by atoms with E-state index in [9.17, 15) is 5.26 Å². The maximum absolute atomic E-state index is 9.84. The molecule has 0 saturated heterocycles. The van der Waals surface area contributed by atoms with Gasteiger partial charge in [0.15, 0.2) is 5.69 Å². The van der Waals surface area contributed by atoms with Crippen molar-refractivity contribution in [1.82, 2.24) is 9.97 Å². The Balaban J connectivity index is 1.57. The Hall–Kier alpha value is -3.32. The van der Waals surface area contributed by atoms with Crippen molar-refractivity contribution in [2.24, 2.45) is 7.05 Å². The molecule has 0 fully saturated rings. The van der Waals surface area contributed by atoms with Gasteiger partial charge in [-0.15, -0.1) is 6.58 Å². The molecule has 0 spiro atoms. The molecule has 2 atom stereocenters. The number of hydrogen-bond acceptors (Lipinski definition) is 3. The number of aromatic nitrogens is 3. The number of nitriles is 1. The van der Waals surface area contributed by atoms with Gasteiger partial charge in [-0.25, -0.2) is 4.57 Å². The molecule has 2 heterocycles. The first kappa shape index (κ1) is 21.9. The number of allylic oxidation sites excluding steroid dienone is 1. The molecule has 4 heteroatoms. The van der Waals surface area contributed by atoms with E-state index in [-0.39, 0.29) is 5.92 Å². The molecule has 0 radical (unpaired) electrons. The molecule has 2 aromatic heterocycles. The van der Waals surface area contributed by atoms with Crippen LogP contribution in [-0.4, -0.2) is 9.97 Å². The van der Waals surface area contributed by atoms with E-state index in [2.05, 4.69) is 60.4 Å². The number of nitrogens with zero attached hydrogens (tertiary/aromatic N) is 4. The van der Waals surface area contributed by atoms with Crippen LogP contribution in [-0.2, 0) is 32.7 Å². The Kier molecular flexibility index (Phi) is 6.75. The van der Waals surface area contributed by atoms with E-state index in [0.29, 0.717) is 5.92 Å². The predicted molar refractivity (Wildman–Crippen MR) is 126 cm³/mol. The molecule has 4 rings (SSSR count). The molecule has 0 N–H and O–H groups in total. The zero-order valence-electron chi connectivity index (χ0n) is 19.1. The molecule has 32 heavy (non-hydrogen) atoms. The zero-order valence-corrected chi connectivity index (χ0v) is 19.1. The van der Waals surface area contributed by atoms with Gasteiger partial charge >= 0.3 is 0 Å². The van der Waals surface area contributed by atoms with Gasteiger partial charge in [-0.3, -0.25) is 4.98 Å². The van der Waals surface area contributed by atoms with Gasteiger partial charge in [0.25, 0.3) is 6.33 Å². The van der Waals surface area contributed by atoms with Crippen molar-refractivity contribution in [3.63, 3.8) is 0 Å². The SMILES string of the molecule is C=CC(C)c1ccc(C2CCc3c(CCc4ccccn4)nc[n+](C)c3CC2)c(C#N)c1. The smallest absolute Gasteiger partial charge is 0.261 e. The summed E-state index contributed by atoms with van der Waals surface area (Å²) >= 11 is 0. The van der Waals surface area contributed by atoms with Crippen LogP contribution in [0.25, 0.3) is 0 Å². The Morgan fingerprint density at radius 1 is 1.19 bits per heavy atom. The molecule has 3 aromatic rings. The summed E-state index contributed by atoms with van der Waals surface area (Å²) in [5.41, 5.74) is 8.23. The highest BCUT2D eigenvalue weighted by Crippen LogP contribution is 2.34. The van der Waals surface area contributed by atoms with Gasteiger partial charge in [-0.1, -0.05) is 36.2 Å². The van der Waals surface area contributed by atoms with Crippen LogP contribution in [0.15, 0.2) is 61.6 Å². The zero-order chi connectivity index (χ0) is 22.5. The molecule has 1 aliphatic carbocycles. The lowest BCUT2D eigenvalue weighted by atomic mass is 9.86. The number of hydrogen-bond donors (Lipinski definition) is 0. The average Bonchev–Trinajstić information content (AvgIpc) is 3.07. The molecule has 0 amide bonds. The number of pyridine rings is 1. The van der Waals surface area contributed by atoms with E-state index in [0.717, 1.165) is 55.3 Å². The second-order valence-corrected chi connectivity index (χ2v) is 8.81. The van der Waals surface area contributed by atoms with Gasteiger partial charge in [-0.05, 0) is 66.8 Å². The topological polar surface area (TPSA) is 53.5 Å². The largest absolute Gasteiger partial charge is 0.286 e. The van der Waals surface area contributed by atoms with E-state index in [1.54, 1.807) is 0 Å². The Morgan fingerprint density at radius 3 is 2.78 bits per heavy atom. The molecular formula is C28H31N4+. The highest BCUT2D eigenvalue weighted by atomic mass is 15.0. The Labute approximate surface area is 191 Å². The number of aryl methyl sites for hydroxylation is 3. The van der Waals surface area contributed by atoms with Gasteiger partial charge < -0.3 is 0 Å². The lowest BCUT2D eigenvalue weighted by Crippen LogP contribution is -2.36. The number of rotatable bonds is 6. The van der Waals surface area contributed by atoms with Crippen LogP contribution in [0.1, 0.15) is 70.9 Å². The summed E-state index contributed by atoms with van der Waals surface area (Å²) in [4.78, 5) is 9.26. The third-order valence-corrected chi connectivity index (χ3v) is 6.84. The molecule has 4 nitrogen and oxygen atoms in total. The quantitative estimate of drug-likeness (QED) is 0.322. The van der Waals surface area contributed by atoms with Crippen LogP contribution in [0.3, 0.4) is 0 Å². The summed E-state index contributed by atoms with van der Waals surface area (Å²) in [6.07, 6.45) is 11.6. The lowest BCUT2D eigenvalue weighted by Gasteiger charge is -2.17. The fourth-order valence-corrected chi connectivity index (χ4v) is 4.84. The summed E-state index contributed by atoms with van der Waals surface area (Å²) in [6, 6.07) is 14.9. The maximum Gasteiger partial charge on any atom is 0.286 e. The average molecular weight is 424 g/mol. The standard InChI is InChI=1S/C28H31N4/c1-4-20(2)22-9-12-25(23(17-22)18-29)21-8-13-26-27(14-11-24-7-5-6-16-30-24)31-19-32(3)28(26)15-10-21/h4-7,9,12,16-17,19-21H,1,8,10-11,13-15H2,2-3H3/q+1. The van der Waals surface area contributed by atoms with Crippen LogP contribution in [0.5, 0.6) is 0 Å². The highest BCUT2D eigenvalue weighted by molar-refractivity contribution is 5.44. The van der Waals surface area contributed by atoms with Crippen LogP contribution in [0, 0.1) is 11.3 Å². The van der Waals surface area contributed by atoms with Crippen LogP contribution < -0.4 is 4.57 Å². The molecular weight excluding hydrogens is 392 g/mol. The van der Waals surface area contributed by atoms with Crippen molar-refractivity contribution < 1.29 is 4.57 Å². The van der Waals surface area contributed by atoms with Gasteiger partial charge in [-0.2, -0.15) is 5.26 Å². The third-order valence-electron chi connectivity index (χ3n) is 6.84. The van der Waals surface area contributed by atoms with Gasteiger partial charge in [0, 0.05) is 30.3 Å². The summed E-state index contributed by atoms with van der Waals surface area (Å²) in [5, 5.41) is 9.84. The maximum atomic E-state index is 9.84.